The van der Waals surface area contributed by atoms with Crippen molar-refractivity contribution in [2.45, 2.75) is 20.8 Å². The van der Waals surface area contributed by atoms with Gasteiger partial charge in [-0.05, 0) is 44.0 Å². The second kappa shape index (κ2) is 6.26. The summed E-state index contributed by atoms with van der Waals surface area (Å²) < 4.78 is 13.0. The Kier molecular flexibility index (Phi) is 4.63. The average Bonchev–Trinajstić information content (AvgIpc) is 2.76. The van der Waals surface area contributed by atoms with Crippen molar-refractivity contribution in [1.82, 2.24) is 4.90 Å². The molecule has 0 saturated carbocycles. The van der Waals surface area contributed by atoms with Crippen LogP contribution in [0.5, 0.6) is 0 Å². The average molecular weight is 306 g/mol. The summed E-state index contributed by atoms with van der Waals surface area (Å²) in [7, 11) is 0. The first-order valence-corrected chi connectivity index (χ1v) is 7.75. The molecular formula is C16H19FN2OS. The predicted octanol–water partition coefficient (Wildman–Crippen LogP) is 3.93. The van der Waals surface area contributed by atoms with Crippen molar-refractivity contribution >= 4 is 22.2 Å². The number of nitrogen functional groups attached to an aromatic ring is 1. The zero-order chi connectivity index (χ0) is 15.6. The molecule has 0 spiro atoms. The first-order valence-electron chi connectivity index (χ1n) is 6.93. The van der Waals surface area contributed by atoms with Gasteiger partial charge in [-0.1, -0.05) is 12.1 Å². The standard InChI is InChI=1S/C16H19FN2OS/c1-4-19(5-2)16(20)13-10(3)14(21-15(13)18)11-6-8-12(17)9-7-11/h6-9H,4-5,18H2,1-3H3. The molecule has 112 valence electrons. The summed E-state index contributed by atoms with van der Waals surface area (Å²) in [6, 6.07) is 6.24. The first kappa shape index (κ1) is 15.5. The van der Waals surface area contributed by atoms with Gasteiger partial charge in [0, 0.05) is 18.0 Å². The van der Waals surface area contributed by atoms with Crippen molar-refractivity contribution in [3.8, 4) is 10.4 Å². The van der Waals surface area contributed by atoms with E-state index in [-0.39, 0.29) is 11.7 Å². The van der Waals surface area contributed by atoms with E-state index in [9.17, 15) is 9.18 Å². The molecule has 0 aliphatic heterocycles. The van der Waals surface area contributed by atoms with Crippen LogP contribution in [0.25, 0.3) is 10.4 Å². The second-order valence-electron chi connectivity index (χ2n) is 4.78. The van der Waals surface area contributed by atoms with Crippen LogP contribution in [0.3, 0.4) is 0 Å². The van der Waals surface area contributed by atoms with Crippen LogP contribution in [0.15, 0.2) is 24.3 Å². The molecule has 2 aromatic rings. The lowest BCUT2D eigenvalue weighted by molar-refractivity contribution is 0.0774. The molecule has 1 heterocycles. The Bertz CT molecular complexity index is 645. The number of hydrogen-bond acceptors (Lipinski definition) is 3. The van der Waals surface area contributed by atoms with Crippen molar-refractivity contribution in [2.75, 3.05) is 18.8 Å². The summed E-state index contributed by atoms with van der Waals surface area (Å²) in [5, 5.41) is 0.517. The van der Waals surface area contributed by atoms with E-state index in [0.29, 0.717) is 23.7 Å². The molecule has 0 bridgehead atoms. The van der Waals surface area contributed by atoms with Gasteiger partial charge in [0.2, 0.25) is 0 Å². The second-order valence-corrected chi connectivity index (χ2v) is 5.83. The number of nitrogens with two attached hydrogens (primary N) is 1. The lowest BCUT2D eigenvalue weighted by Crippen LogP contribution is -2.31. The van der Waals surface area contributed by atoms with Crippen LogP contribution in [0.1, 0.15) is 29.8 Å². The minimum Gasteiger partial charge on any atom is -0.390 e. The van der Waals surface area contributed by atoms with Gasteiger partial charge in [0.25, 0.3) is 5.91 Å². The highest BCUT2D eigenvalue weighted by Crippen LogP contribution is 2.38. The van der Waals surface area contributed by atoms with E-state index in [4.69, 9.17) is 5.73 Å². The summed E-state index contributed by atoms with van der Waals surface area (Å²) in [6.45, 7) is 7.08. The highest BCUT2D eigenvalue weighted by molar-refractivity contribution is 7.19. The molecule has 21 heavy (non-hydrogen) atoms. The van der Waals surface area contributed by atoms with Crippen molar-refractivity contribution in [3.05, 3.63) is 41.2 Å². The van der Waals surface area contributed by atoms with Crippen molar-refractivity contribution < 1.29 is 9.18 Å². The van der Waals surface area contributed by atoms with Crippen LogP contribution in [-0.4, -0.2) is 23.9 Å². The Hall–Kier alpha value is -1.88. The van der Waals surface area contributed by atoms with Gasteiger partial charge in [-0.25, -0.2) is 4.39 Å². The minimum absolute atomic E-state index is 0.0420. The zero-order valence-corrected chi connectivity index (χ0v) is 13.3. The fourth-order valence-electron chi connectivity index (χ4n) is 2.35. The van der Waals surface area contributed by atoms with Crippen LogP contribution in [0.4, 0.5) is 9.39 Å². The summed E-state index contributed by atoms with van der Waals surface area (Å²) in [5.74, 6) is -0.319. The van der Waals surface area contributed by atoms with Crippen LogP contribution in [0, 0.1) is 12.7 Å². The third-order valence-electron chi connectivity index (χ3n) is 3.54. The summed E-state index contributed by atoms with van der Waals surface area (Å²) in [6.07, 6.45) is 0. The van der Waals surface area contributed by atoms with Gasteiger partial charge in [-0.15, -0.1) is 11.3 Å². The zero-order valence-electron chi connectivity index (χ0n) is 12.4. The third kappa shape index (κ3) is 2.93. The van der Waals surface area contributed by atoms with Gasteiger partial charge in [0.15, 0.2) is 0 Å². The molecule has 5 heteroatoms. The number of thiophene rings is 1. The van der Waals surface area contributed by atoms with Gasteiger partial charge >= 0.3 is 0 Å². The maximum atomic E-state index is 13.0. The van der Waals surface area contributed by atoms with Gasteiger partial charge in [-0.2, -0.15) is 0 Å². The summed E-state index contributed by atoms with van der Waals surface area (Å²) >= 11 is 1.37. The number of halogens is 1. The van der Waals surface area contributed by atoms with Gasteiger partial charge in [-0.3, -0.25) is 4.79 Å². The lowest BCUT2D eigenvalue weighted by atomic mass is 10.1. The number of amides is 1. The van der Waals surface area contributed by atoms with Crippen molar-refractivity contribution in [2.24, 2.45) is 0 Å². The number of benzene rings is 1. The molecule has 0 atom stereocenters. The van der Waals surface area contributed by atoms with Gasteiger partial charge in [0.1, 0.15) is 5.82 Å². The van der Waals surface area contributed by atoms with Crippen LogP contribution < -0.4 is 5.73 Å². The van der Waals surface area contributed by atoms with Gasteiger partial charge in [0.05, 0.1) is 10.6 Å². The SMILES string of the molecule is CCN(CC)C(=O)c1c(N)sc(-c2ccc(F)cc2)c1C. The Morgan fingerprint density at radius 2 is 1.81 bits per heavy atom. The van der Waals surface area contributed by atoms with E-state index >= 15 is 0 Å². The fraction of sp³-hybridized carbons (Fsp3) is 0.312. The summed E-state index contributed by atoms with van der Waals surface area (Å²) in [4.78, 5) is 15.2. The number of rotatable bonds is 4. The van der Waals surface area contributed by atoms with Crippen LogP contribution in [-0.2, 0) is 0 Å². The fourth-order valence-corrected chi connectivity index (χ4v) is 3.42. The molecular weight excluding hydrogens is 287 g/mol. The van der Waals surface area contributed by atoms with Crippen molar-refractivity contribution in [3.63, 3.8) is 0 Å². The molecule has 1 aromatic heterocycles. The topological polar surface area (TPSA) is 46.3 Å². The van der Waals surface area contributed by atoms with Crippen molar-refractivity contribution in [1.29, 1.82) is 0 Å². The normalized spacial score (nSPS) is 10.7. The number of carbonyl (C=O) groups is 1. The van der Waals surface area contributed by atoms with E-state index < -0.39 is 0 Å². The van der Waals surface area contributed by atoms with E-state index in [0.717, 1.165) is 16.0 Å². The quantitative estimate of drug-likeness (QED) is 0.930. The highest BCUT2D eigenvalue weighted by atomic mass is 32.1. The Morgan fingerprint density at radius 3 is 2.33 bits per heavy atom. The largest absolute Gasteiger partial charge is 0.390 e. The number of hydrogen-bond donors (Lipinski definition) is 1. The molecule has 3 nitrogen and oxygen atoms in total. The number of nitrogens with zero attached hydrogens (tertiary/aromatic N) is 1. The molecule has 2 rings (SSSR count). The molecule has 0 radical (unpaired) electrons. The Labute approximate surface area is 128 Å². The molecule has 0 unspecified atom stereocenters. The molecule has 0 aliphatic carbocycles. The first-order chi connectivity index (χ1) is 9.99. The minimum atomic E-state index is -0.277. The van der Waals surface area contributed by atoms with E-state index in [1.54, 1.807) is 17.0 Å². The summed E-state index contributed by atoms with van der Waals surface area (Å²) in [5.41, 5.74) is 8.37. The van der Waals surface area contributed by atoms with E-state index in [1.807, 2.05) is 20.8 Å². The molecule has 0 aliphatic rings. The molecule has 2 N–H and O–H groups in total. The lowest BCUT2D eigenvalue weighted by Gasteiger charge is -2.19. The van der Waals surface area contributed by atoms with Gasteiger partial charge < -0.3 is 10.6 Å². The monoisotopic (exact) mass is 306 g/mol. The molecule has 1 aromatic carbocycles. The number of carbonyl (C=O) groups excluding carboxylic acids is 1. The molecule has 0 saturated heterocycles. The molecule has 1 amide bonds. The van der Waals surface area contributed by atoms with Crippen LogP contribution >= 0.6 is 11.3 Å². The maximum absolute atomic E-state index is 13.0. The predicted molar refractivity (Wildman–Crippen MR) is 86.1 cm³/mol. The van der Waals surface area contributed by atoms with E-state index in [2.05, 4.69) is 0 Å². The van der Waals surface area contributed by atoms with Crippen LogP contribution in [0.2, 0.25) is 0 Å². The Morgan fingerprint density at radius 1 is 1.24 bits per heavy atom. The highest BCUT2D eigenvalue weighted by Gasteiger charge is 2.23. The third-order valence-corrected chi connectivity index (χ3v) is 4.71. The smallest absolute Gasteiger partial charge is 0.257 e. The number of anilines is 1. The van der Waals surface area contributed by atoms with E-state index in [1.165, 1.54) is 23.5 Å². The molecule has 0 fully saturated rings. The maximum Gasteiger partial charge on any atom is 0.257 e. The Balaban J connectivity index is 2.47.